The predicted molar refractivity (Wildman–Crippen MR) is 48.8 cm³/mol. The zero-order chi connectivity index (χ0) is 8.27. The molecule has 1 atom stereocenters. The summed E-state index contributed by atoms with van der Waals surface area (Å²) in [5.74, 6) is 0. The lowest BCUT2D eigenvalue weighted by Gasteiger charge is -2.02. The summed E-state index contributed by atoms with van der Waals surface area (Å²) < 4.78 is 0.924. The van der Waals surface area contributed by atoms with Gasteiger partial charge in [0.1, 0.15) is 6.33 Å². The van der Waals surface area contributed by atoms with Crippen LogP contribution < -0.4 is 0 Å². The fourth-order valence-electron chi connectivity index (χ4n) is 0.755. The van der Waals surface area contributed by atoms with Gasteiger partial charge in [-0.05, 0) is 22.9 Å². The Labute approximate surface area is 79.1 Å². The number of halogens is 2. The molecule has 4 heteroatoms. The topological polar surface area (TPSA) is 25.8 Å². The van der Waals surface area contributed by atoms with Gasteiger partial charge in [-0.3, -0.25) is 0 Å². The molecule has 0 fully saturated rings. The highest BCUT2D eigenvalue weighted by atomic mass is 79.9. The lowest BCUT2D eigenvalue weighted by atomic mass is 10.2. The van der Waals surface area contributed by atoms with Crippen molar-refractivity contribution < 1.29 is 0 Å². The zero-order valence-corrected chi connectivity index (χ0v) is 8.43. The molecular formula is C7H8BrClN2. The van der Waals surface area contributed by atoms with E-state index in [0.717, 1.165) is 16.6 Å². The van der Waals surface area contributed by atoms with E-state index in [0.29, 0.717) is 0 Å². The molecule has 0 aliphatic carbocycles. The van der Waals surface area contributed by atoms with Crippen LogP contribution in [0.5, 0.6) is 0 Å². The summed E-state index contributed by atoms with van der Waals surface area (Å²) >= 11 is 9.14. The van der Waals surface area contributed by atoms with Crippen LogP contribution in [0.4, 0.5) is 0 Å². The standard InChI is InChI=1S/C7H8BrClN2/c1-5(9)2-7-6(8)3-10-4-11-7/h3-5H,2H2,1H3. The van der Waals surface area contributed by atoms with Gasteiger partial charge in [-0.25, -0.2) is 9.97 Å². The van der Waals surface area contributed by atoms with Gasteiger partial charge in [0.15, 0.2) is 0 Å². The Morgan fingerprint density at radius 2 is 2.45 bits per heavy atom. The normalized spacial score (nSPS) is 13.0. The molecule has 0 amide bonds. The van der Waals surface area contributed by atoms with Crippen LogP contribution in [0, 0.1) is 0 Å². The summed E-state index contributed by atoms with van der Waals surface area (Å²) in [5, 5.41) is 0.112. The number of hydrogen-bond acceptors (Lipinski definition) is 2. The Balaban J connectivity index is 2.78. The maximum atomic E-state index is 5.80. The van der Waals surface area contributed by atoms with E-state index >= 15 is 0 Å². The van der Waals surface area contributed by atoms with E-state index < -0.39 is 0 Å². The molecule has 1 rings (SSSR count). The monoisotopic (exact) mass is 234 g/mol. The highest BCUT2D eigenvalue weighted by Crippen LogP contribution is 2.15. The Bertz CT molecular complexity index is 240. The molecule has 60 valence electrons. The Hall–Kier alpha value is -0.150. The first-order valence-electron chi connectivity index (χ1n) is 3.28. The highest BCUT2D eigenvalue weighted by Gasteiger charge is 2.03. The molecule has 0 aromatic carbocycles. The zero-order valence-electron chi connectivity index (χ0n) is 6.09. The molecule has 1 unspecified atom stereocenters. The van der Waals surface area contributed by atoms with Crippen molar-refractivity contribution in [1.29, 1.82) is 0 Å². The molecular weight excluding hydrogens is 227 g/mol. The van der Waals surface area contributed by atoms with E-state index in [1.165, 1.54) is 6.33 Å². The van der Waals surface area contributed by atoms with Gasteiger partial charge in [-0.2, -0.15) is 0 Å². The molecule has 0 N–H and O–H groups in total. The number of aromatic nitrogens is 2. The molecule has 1 aromatic rings. The summed E-state index contributed by atoms with van der Waals surface area (Å²) in [6, 6.07) is 0. The third kappa shape index (κ3) is 2.75. The van der Waals surface area contributed by atoms with Crippen LogP contribution in [0.15, 0.2) is 17.0 Å². The summed E-state index contributed by atoms with van der Waals surface area (Å²) in [7, 11) is 0. The minimum atomic E-state index is 0.112. The maximum absolute atomic E-state index is 5.80. The fourth-order valence-corrected chi connectivity index (χ4v) is 1.28. The van der Waals surface area contributed by atoms with Gasteiger partial charge in [0, 0.05) is 18.0 Å². The van der Waals surface area contributed by atoms with E-state index in [1.54, 1.807) is 6.20 Å². The first-order chi connectivity index (χ1) is 5.20. The van der Waals surface area contributed by atoms with Crippen LogP contribution in [0.2, 0.25) is 0 Å². The van der Waals surface area contributed by atoms with E-state index in [2.05, 4.69) is 25.9 Å². The van der Waals surface area contributed by atoms with Crippen molar-refractivity contribution in [2.75, 3.05) is 0 Å². The molecule has 2 nitrogen and oxygen atoms in total. The van der Waals surface area contributed by atoms with Gasteiger partial charge in [-0.1, -0.05) is 0 Å². The number of alkyl halides is 1. The molecule has 0 radical (unpaired) electrons. The lowest BCUT2D eigenvalue weighted by Crippen LogP contribution is -2.00. The van der Waals surface area contributed by atoms with Crippen LogP contribution in [0.3, 0.4) is 0 Å². The SMILES string of the molecule is CC(Cl)Cc1ncncc1Br. The van der Waals surface area contributed by atoms with Crippen molar-refractivity contribution in [3.05, 3.63) is 22.7 Å². The van der Waals surface area contributed by atoms with Crippen molar-refractivity contribution >= 4 is 27.5 Å². The smallest absolute Gasteiger partial charge is 0.115 e. The van der Waals surface area contributed by atoms with Crippen molar-refractivity contribution in [3.63, 3.8) is 0 Å². The quantitative estimate of drug-likeness (QED) is 0.736. The Morgan fingerprint density at radius 1 is 1.73 bits per heavy atom. The van der Waals surface area contributed by atoms with E-state index in [-0.39, 0.29) is 5.38 Å². The molecule has 1 heterocycles. The van der Waals surface area contributed by atoms with Gasteiger partial charge >= 0.3 is 0 Å². The predicted octanol–water partition coefficient (Wildman–Crippen LogP) is 2.41. The molecule has 0 bridgehead atoms. The second-order valence-electron chi connectivity index (χ2n) is 2.30. The number of hydrogen-bond donors (Lipinski definition) is 0. The maximum Gasteiger partial charge on any atom is 0.115 e. The van der Waals surface area contributed by atoms with Gasteiger partial charge in [-0.15, -0.1) is 11.6 Å². The van der Waals surface area contributed by atoms with Crippen molar-refractivity contribution in [2.45, 2.75) is 18.7 Å². The second-order valence-corrected chi connectivity index (χ2v) is 3.90. The van der Waals surface area contributed by atoms with E-state index in [9.17, 15) is 0 Å². The minimum absolute atomic E-state index is 0.112. The number of rotatable bonds is 2. The molecule has 0 saturated heterocycles. The average Bonchev–Trinajstić information content (AvgIpc) is 1.93. The lowest BCUT2D eigenvalue weighted by molar-refractivity contribution is 0.872. The molecule has 0 aliphatic heterocycles. The van der Waals surface area contributed by atoms with Gasteiger partial charge in [0.25, 0.3) is 0 Å². The third-order valence-corrected chi connectivity index (χ3v) is 2.04. The first-order valence-corrected chi connectivity index (χ1v) is 4.51. The molecule has 0 spiro atoms. The third-order valence-electron chi connectivity index (χ3n) is 1.22. The van der Waals surface area contributed by atoms with Crippen molar-refractivity contribution in [2.24, 2.45) is 0 Å². The second kappa shape index (κ2) is 4.02. The largest absolute Gasteiger partial charge is 0.244 e. The van der Waals surface area contributed by atoms with Crippen LogP contribution in [0.25, 0.3) is 0 Å². The molecule has 0 saturated carbocycles. The van der Waals surface area contributed by atoms with Crippen LogP contribution in [-0.4, -0.2) is 15.3 Å². The van der Waals surface area contributed by atoms with E-state index in [1.807, 2.05) is 6.92 Å². The van der Waals surface area contributed by atoms with Crippen LogP contribution in [-0.2, 0) is 6.42 Å². The molecule has 11 heavy (non-hydrogen) atoms. The first kappa shape index (κ1) is 8.94. The minimum Gasteiger partial charge on any atom is -0.244 e. The average molecular weight is 236 g/mol. The Kier molecular flexibility index (Phi) is 3.27. The number of nitrogens with zero attached hydrogens (tertiary/aromatic N) is 2. The summed E-state index contributed by atoms with van der Waals surface area (Å²) in [6.45, 7) is 1.94. The van der Waals surface area contributed by atoms with Gasteiger partial charge in [0.2, 0.25) is 0 Å². The highest BCUT2D eigenvalue weighted by molar-refractivity contribution is 9.10. The Morgan fingerprint density at radius 3 is 3.00 bits per heavy atom. The van der Waals surface area contributed by atoms with Crippen LogP contribution in [0.1, 0.15) is 12.6 Å². The van der Waals surface area contributed by atoms with Gasteiger partial charge < -0.3 is 0 Å². The fraction of sp³-hybridized carbons (Fsp3) is 0.429. The van der Waals surface area contributed by atoms with Crippen molar-refractivity contribution in [1.82, 2.24) is 9.97 Å². The van der Waals surface area contributed by atoms with Crippen LogP contribution >= 0.6 is 27.5 Å². The van der Waals surface area contributed by atoms with Crippen molar-refractivity contribution in [3.8, 4) is 0 Å². The molecule has 1 aromatic heterocycles. The molecule has 0 aliphatic rings. The van der Waals surface area contributed by atoms with E-state index in [4.69, 9.17) is 11.6 Å². The summed E-state index contributed by atoms with van der Waals surface area (Å²) in [6.07, 6.45) is 4.02. The summed E-state index contributed by atoms with van der Waals surface area (Å²) in [5.41, 5.74) is 0.961. The van der Waals surface area contributed by atoms with Gasteiger partial charge in [0.05, 0.1) is 10.2 Å². The summed E-state index contributed by atoms with van der Waals surface area (Å²) in [4.78, 5) is 7.93.